The van der Waals surface area contributed by atoms with Crippen LogP contribution >= 0.6 is 11.6 Å². The van der Waals surface area contributed by atoms with Gasteiger partial charge in [0.1, 0.15) is 6.42 Å². The first-order valence-corrected chi connectivity index (χ1v) is 4.11. The molecular weight excluding hydrogens is 208 g/mol. The lowest BCUT2D eigenvalue weighted by Crippen LogP contribution is -2.01. The van der Waals surface area contributed by atoms with Crippen molar-refractivity contribution >= 4 is 23.3 Å². The van der Waals surface area contributed by atoms with Crippen molar-refractivity contribution in [3.05, 3.63) is 23.2 Å². The molecule has 0 aliphatic heterocycles. The van der Waals surface area contributed by atoms with Gasteiger partial charge in [-0.1, -0.05) is 11.6 Å². The van der Waals surface area contributed by atoms with Crippen LogP contribution in [0.1, 0.15) is 5.82 Å². The zero-order chi connectivity index (χ0) is 10.1. The second-order valence-electron chi connectivity index (χ2n) is 2.62. The van der Waals surface area contributed by atoms with E-state index in [2.05, 4.69) is 15.1 Å². The molecule has 0 radical (unpaired) electrons. The minimum Gasteiger partial charge on any atom is -0.481 e. The third kappa shape index (κ3) is 1.64. The summed E-state index contributed by atoms with van der Waals surface area (Å²) in [4.78, 5) is 18.1. The molecule has 6 nitrogen and oxygen atoms in total. The van der Waals surface area contributed by atoms with Crippen LogP contribution in [0.4, 0.5) is 0 Å². The number of rotatable bonds is 2. The molecule has 0 saturated heterocycles. The lowest BCUT2D eigenvalue weighted by molar-refractivity contribution is -0.136. The highest BCUT2D eigenvalue weighted by atomic mass is 35.5. The van der Waals surface area contributed by atoms with E-state index in [0.717, 1.165) is 0 Å². The summed E-state index contributed by atoms with van der Waals surface area (Å²) < 4.78 is 1.35. The number of carboxylic acids is 1. The maximum atomic E-state index is 10.4. The first-order valence-electron chi connectivity index (χ1n) is 3.74. The van der Waals surface area contributed by atoms with E-state index in [-0.39, 0.29) is 12.2 Å². The molecule has 0 unspecified atom stereocenters. The minimum atomic E-state index is -0.980. The van der Waals surface area contributed by atoms with Crippen LogP contribution in [0.2, 0.25) is 5.02 Å². The molecule has 14 heavy (non-hydrogen) atoms. The Balaban J connectivity index is 2.46. The van der Waals surface area contributed by atoms with Crippen LogP contribution in [0, 0.1) is 0 Å². The number of hydrogen-bond acceptors (Lipinski definition) is 4. The lowest BCUT2D eigenvalue weighted by Gasteiger charge is -1.88. The van der Waals surface area contributed by atoms with Gasteiger partial charge in [0, 0.05) is 0 Å². The second kappa shape index (κ2) is 3.22. The van der Waals surface area contributed by atoms with Crippen molar-refractivity contribution in [3.63, 3.8) is 0 Å². The average molecular weight is 213 g/mol. The normalized spacial score (nSPS) is 10.6. The molecule has 2 heterocycles. The molecule has 0 aliphatic rings. The summed E-state index contributed by atoms with van der Waals surface area (Å²) in [6, 6.07) is 0. The van der Waals surface area contributed by atoms with Crippen molar-refractivity contribution in [2.24, 2.45) is 0 Å². The average Bonchev–Trinajstić information content (AvgIpc) is 2.44. The number of carbonyl (C=O) groups is 1. The van der Waals surface area contributed by atoms with E-state index in [0.29, 0.717) is 10.8 Å². The van der Waals surface area contributed by atoms with Crippen molar-refractivity contribution < 1.29 is 9.90 Å². The third-order valence-corrected chi connectivity index (χ3v) is 1.71. The maximum absolute atomic E-state index is 10.4. The Kier molecular flexibility index (Phi) is 2.05. The highest BCUT2D eigenvalue weighted by Crippen LogP contribution is 2.06. The van der Waals surface area contributed by atoms with Gasteiger partial charge in [-0.15, -0.1) is 5.10 Å². The number of hydrogen-bond donors (Lipinski definition) is 1. The smallest absolute Gasteiger partial charge is 0.311 e. The first kappa shape index (κ1) is 8.89. The van der Waals surface area contributed by atoms with Crippen molar-refractivity contribution in [3.8, 4) is 0 Å². The van der Waals surface area contributed by atoms with Crippen molar-refractivity contribution in [1.82, 2.24) is 19.6 Å². The molecule has 1 N–H and O–H groups in total. The molecule has 2 aromatic rings. The molecule has 0 spiro atoms. The van der Waals surface area contributed by atoms with Gasteiger partial charge in [-0.2, -0.15) is 4.98 Å². The standard InChI is InChI=1S/C7H5ClN4O2/c8-4-2-9-7-10-5(1-6(13)14)11-12(7)3-4/h2-3H,1H2,(H,13,14). The van der Waals surface area contributed by atoms with Gasteiger partial charge in [0.2, 0.25) is 0 Å². The highest BCUT2D eigenvalue weighted by Gasteiger charge is 2.08. The van der Waals surface area contributed by atoms with E-state index in [1.165, 1.54) is 16.9 Å². The number of aliphatic carboxylic acids is 1. The van der Waals surface area contributed by atoms with Crippen LogP contribution in [0.15, 0.2) is 12.4 Å². The van der Waals surface area contributed by atoms with E-state index in [1.54, 1.807) is 0 Å². The van der Waals surface area contributed by atoms with Crippen LogP contribution in [-0.4, -0.2) is 30.7 Å². The topological polar surface area (TPSA) is 80.4 Å². The number of carboxylic acid groups (broad SMARTS) is 1. The summed E-state index contributed by atoms with van der Waals surface area (Å²) in [5, 5.41) is 12.8. The van der Waals surface area contributed by atoms with Crippen LogP contribution < -0.4 is 0 Å². The Labute approximate surface area is 83.2 Å². The summed E-state index contributed by atoms with van der Waals surface area (Å²) in [7, 11) is 0. The van der Waals surface area contributed by atoms with E-state index >= 15 is 0 Å². The Morgan fingerprint density at radius 2 is 2.43 bits per heavy atom. The molecule has 0 amide bonds. The third-order valence-electron chi connectivity index (χ3n) is 1.52. The Morgan fingerprint density at radius 3 is 3.14 bits per heavy atom. The number of fused-ring (bicyclic) bond motifs is 1. The highest BCUT2D eigenvalue weighted by molar-refractivity contribution is 6.30. The zero-order valence-electron chi connectivity index (χ0n) is 6.88. The molecule has 0 aliphatic carbocycles. The molecule has 2 rings (SSSR count). The predicted molar refractivity (Wildman–Crippen MR) is 47.1 cm³/mol. The van der Waals surface area contributed by atoms with Crippen LogP contribution in [0.3, 0.4) is 0 Å². The number of nitrogens with zero attached hydrogens (tertiary/aromatic N) is 4. The number of aromatic nitrogens is 4. The van der Waals surface area contributed by atoms with Gasteiger partial charge in [0.05, 0.1) is 17.4 Å². The Bertz CT molecular complexity index is 495. The molecule has 2 aromatic heterocycles. The van der Waals surface area contributed by atoms with Gasteiger partial charge in [-0.05, 0) is 0 Å². The Hall–Kier alpha value is -1.69. The van der Waals surface area contributed by atoms with Gasteiger partial charge in [0.15, 0.2) is 5.82 Å². The van der Waals surface area contributed by atoms with Crippen molar-refractivity contribution in [2.45, 2.75) is 6.42 Å². The van der Waals surface area contributed by atoms with Gasteiger partial charge in [-0.3, -0.25) is 4.79 Å². The van der Waals surface area contributed by atoms with E-state index in [4.69, 9.17) is 16.7 Å². The first-order chi connectivity index (χ1) is 6.65. The second-order valence-corrected chi connectivity index (χ2v) is 3.05. The summed E-state index contributed by atoms with van der Waals surface area (Å²) in [6.07, 6.45) is 2.72. The molecule has 0 fully saturated rings. The summed E-state index contributed by atoms with van der Waals surface area (Å²) in [6.45, 7) is 0. The van der Waals surface area contributed by atoms with E-state index in [9.17, 15) is 4.79 Å². The SMILES string of the molecule is O=C(O)Cc1nc2ncc(Cl)cn2n1. The quantitative estimate of drug-likeness (QED) is 0.780. The monoisotopic (exact) mass is 212 g/mol. The molecule has 72 valence electrons. The zero-order valence-corrected chi connectivity index (χ0v) is 7.64. The van der Waals surface area contributed by atoms with Gasteiger partial charge in [-0.25, -0.2) is 9.50 Å². The minimum absolute atomic E-state index is 0.215. The van der Waals surface area contributed by atoms with Crippen LogP contribution in [-0.2, 0) is 11.2 Å². The largest absolute Gasteiger partial charge is 0.481 e. The fourth-order valence-electron chi connectivity index (χ4n) is 1.01. The van der Waals surface area contributed by atoms with Gasteiger partial charge >= 0.3 is 5.97 Å². The summed E-state index contributed by atoms with van der Waals surface area (Å²) >= 11 is 5.67. The van der Waals surface area contributed by atoms with Gasteiger partial charge in [0.25, 0.3) is 5.78 Å². The van der Waals surface area contributed by atoms with Crippen LogP contribution in [0.5, 0.6) is 0 Å². The predicted octanol–water partition coefficient (Wildman–Crippen LogP) is 0.405. The van der Waals surface area contributed by atoms with Crippen LogP contribution in [0.25, 0.3) is 5.78 Å². The maximum Gasteiger partial charge on any atom is 0.311 e. The van der Waals surface area contributed by atoms with Gasteiger partial charge < -0.3 is 5.11 Å². The number of halogens is 1. The molecular formula is C7H5ClN4O2. The molecule has 7 heteroatoms. The molecule has 0 saturated carbocycles. The summed E-state index contributed by atoms with van der Waals surface area (Å²) in [5.74, 6) is -0.426. The van der Waals surface area contributed by atoms with E-state index in [1.807, 2.05) is 0 Å². The molecule has 0 bridgehead atoms. The van der Waals surface area contributed by atoms with Crippen molar-refractivity contribution in [2.75, 3.05) is 0 Å². The van der Waals surface area contributed by atoms with Crippen molar-refractivity contribution in [1.29, 1.82) is 0 Å². The van der Waals surface area contributed by atoms with E-state index < -0.39 is 5.97 Å². The molecule has 0 atom stereocenters. The fourth-order valence-corrected chi connectivity index (χ4v) is 1.15. The Morgan fingerprint density at radius 1 is 1.64 bits per heavy atom. The molecule has 0 aromatic carbocycles. The summed E-state index contributed by atoms with van der Waals surface area (Å²) in [5.41, 5.74) is 0. The fraction of sp³-hybridized carbons (Fsp3) is 0.143. The lowest BCUT2D eigenvalue weighted by atomic mass is 10.4.